The first-order chi connectivity index (χ1) is 11.8. The van der Waals surface area contributed by atoms with Crippen molar-refractivity contribution in [3.63, 3.8) is 0 Å². The Kier molecular flexibility index (Phi) is 3.69. The van der Waals surface area contributed by atoms with Crippen molar-refractivity contribution in [2.75, 3.05) is 18.6 Å². The summed E-state index contributed by atoms with van der Waals surface area (Å²) < 4.78 is 5.23. The van der Waals surface area contributed by atoms with Gasteiger partial charge in [0.05, 0.1) is 24.1 Å². The Morgan fingerprint density at radius 1 is 1.17 bits per heavy atom. The number of nitrogens with zero attached hydrogens (tertiary/aromatic N) is 2. The van der Waals surface area contributed by atoms with Gasteiger partial charge in [0.2, 0.25) is 5.95 Å². The van der Waals surface area contributed by atoms with Gasteiger partial charge >= 0.3 is 0 Å². The second-order valence-electron chi connectivity index (χ2n) is 6.03. The molecular formula is C19H19N3O2. The first-order valence-electron chi connectivity index (χ1n) is 8.16. The lowest BCUT2D eigenvalue weighted by molar-refractivity contribution is 0.414. The summed E-state index contributed by atoms with van der Waals surface area (Å²) in [4.78, 5) is 22.2. The van der Waals surface area contributed by atoms with Crippen molar-refractivity contribution in [2.45, 2.75) is 18.9 Å². The minimum atomic E-state index is -0.0871. The van der Waals surface area contributed by atoms with Crippen LogP contribution in [0.3, 0.4) is 0 Å². The summed E-state index contributed by atoms with van der Waals surface area (Å²) >= 11 is 0. The predicted molar refractivity (Wildman–Crippen MR) is 94.7 cm³/mol. The number of fused-ring (bicyclic) bond motifs is 1. The number of aromatic nitrogens is 2. The number of aromatic amines is 1. The van der Waals surface area contributed by atoms with Crippen molar-refractivity contribution in [2.24, 2.45) is 0 Å². The van der Waals surface area contributed by atoms with Crippen LogP contribution in [0.15, 0.2) is 53.3 Å². The molecule has 0 bridgehead atoms. The van der Waals surface area contributed by atoms with Crippen molar-refractivity contribution in [3.8, 4) is 5.75 Å². The van der Waals surface area contributed by atoms with Crippen LogP contribution in [0.1, 0.15) is 24.4 Å². The lowest BCUT2D eigenvalue weighted by Gasteiger charge is -2.25. The molecule has 0 amide bonds. The topological polar surface area (TPSA) is 58.2 Å². The summed E-state index contributed by atoms with van der Waals surface area (Å²) in [5, 5.41) is 0.626. The molecule has 0 spiro atoms. The van der Waals surface area contributed by atoms with Crippen LogP contribution in [0, 0.1) is 0 Å². The van der Waals surface area contributed by atoms with Crippen LogP contribution in [0.2, 0.25) is 0 Å². The highest BCUT2D eigenvalue weighted by Gasteiger charge is 2.28. The Bertz CT molecular complexity index is 918. The zero-order valence-corrected chi connectivity index (χ0v) is 13.5. The highest BCUT2D eigenvalue weighted by Crippen LogP contribution is 2.35. The Labute approximate surface area is 139 Å². The van der Waals surface area contributed by atoms with Gasteiger partial charge in [-0.1, -0.05) is 24.3 Å². The Hall–Kier alpha value is -2.82. The van der Waals surface area contributed by atoms with Crippen LogP contribution in [0.25, 0.3) is 10.9 Å². The lowest BCUT2D eigenvalue weighted by Crippen LogP contribution is -2.27. The second-order valence-corrected chi connectivity index (χ2v) is 6.03. The number of anilines is 1. The van der Waals surface area contributed by atoms with Gasteiger partial charge < -0.3 is 9.64 Å². The normalized spacial score (nSPS) is 17.4. The molecule has 0 radical (unpaired) electrons. The van der Waals surface area contributed by atoms with Crippen LogP contribution in [0.4, 0.5) is 5.95 Å². The fourth-order valence-electron chi connectivity index (χ4n) is 3.40. The first-order valence-corrected chi connectivity index (χ1v) is 8.16. The molecule has 1 fully saturated rings. The highest BCUT2D eigenvalue weighted by atomic mass is 16.5. The summed E-state index contributed by atoms with van der Waals surface area (Å²) in [5.74, 6) is 1.50. The van der Waals surface area contributed by atoms with Gasteiger partial charge in [0.1, 0.15) is 5.75 Å². The lowest BCUT2D eigenvalue weighted by atomic mass is 10.0. The quantitative estimate of drug-likeness (QED) is 0.804. The van der Waals surface area contributed by atoms with E-state index in [2.05, 4.69) is 27.0 Å². The monoisotopic (exact) mass is 321 g/mol. The van der Waals surface area contributed by atoms with Crippen LogP contribution in [0.5, 0.6) is 5.75 Å². The molecule has 122 valence electrons. The van der Waals surface area contributed by atoms with Crippen molar-refractivity contribution in [1.29, 1.82) is 0 Å². The molecule has 1 aromatic heterocycles. The van der Waals surface area contributed by atoms with Gasteiger partial charge in [0.25, 0.3) is 5.56 Å². The van der Waals surface area contributed by atoms with Crippen LogP contribution >= 0.6 is 0 Å². The maximum Gasteiger partial charge on any atom is 0.260 e. The molecule has 24 heavy (non-hydrogen) atoms. The summed E-state index contributed by atoms with van der Waals surface area (Å²) in [6.45, 7) is 0.887. The maximum atomic E-state index is 12.3. The number of hydrogen-bond acceptors (Lipinski definition) is 4. The molecule has 1 saturated heterocycles. The molecule has 0 aliphatic carbocycles. The molecule has 1 aliphatic rings. The molecule has 1 N–H and O–H groups in total. The molecule has 2 aromatic carbocycles. The minimum absolute atomic E-state index is 0.0871. The second kappa shape index (κ2) is 6.00. The van der Waals surface area contributed by atoms with Gasteiger partial charge in [0, 0.05) is 6.54 Å². The molecule has 2 heterocycles. The molecule has 1 atom stereocenters. The van der Waals surface area contributed by atoms with E-state index in [1.165, 1.54) is 5.56 Å². The minimum Gasteiger partial charge on any atom is -0.497 e. The summed E-state index contributed by atoms with van der Waals surface area (Å²) in [7, 11) is 1.67. The molecule has 1 unspecified atom stereocenters. The van der Waals surface area contributed by atoms with E-state index in [4.69, 9.17) is 4.74 Å². The van der Waals surface area contributed by atoms with Gasteiger partial charge in [-0.05, 0) is 42.7 Å². The van der Waals surface area contributed by atoms with Gasteiger partial charge in [-0.2, -0.15) is 0 Å². The molecular weight excluding hydrogens is 302 g/mol. The molecule has 4 rings (SSSR count). The van der Waals surface area contributed by atoms with Gasteiger partial charge in [0.15, 0.2) is 0 Å². The number of methoxy groups -OCH3 is 1. The van der Waals surface area contributed by atoms with Gasteiger partial charge in [-0.25, -0.2) is 4.98 Å². The Morgan fingerprint density at radius 2 is 1.96 bits per heavy atom. The first kappa shape index (κ1) is 14.8. The zero-order chi connectivity index (χ0) is 16.5. The SMILES string of the molecule is COc1ccc(C2CCCN2c2nc3ccccc3c(=O)[nH]2)cc1. The predicted octanol–water partition coefficient (Wildman–Crippen LogP) is 3.27. The largest absolute Gasteiger partial charge is 0.497 e. The Morgan fingerprint density at radius 3 is 2.75 bits per heavy atom. The summed E-state index contributed by atoms with van der Waals surface area (Å²) in [5.41, 5.74) is 1.86. The van der Waals surface area contributed by atoms with Crippen LogP contribution in [-0.2, 0) is 0 Å². The molecule has 3 aromatic rings. The third-order valence-electron chi connectivity index (χ3n) is 4.63. The number of nitrogens with one attached hydrogen (secondary N) is 1. The van der Waals surface area contributed by atoms with Crippen molar-refractivity contribution in [1.82, 2.24) is 9.97 Å². The zero-order valence-electron chi connectivity index (χ0n) is 13.5. The molecule has 0 saturated carbocycles. The van der Waals surface area contributed by atoms with Crippen LogP contribution < -0.4 is 15.2 Å². The fourth-order valence-corrected chi connectivity index (χ4v) is 3.40. The van der Waals surface area contributed by atoms with E-state index in [1.54, 1.807) is 13.2 Å². The van der Waals surface area contributed by atoms with Crippen molar-refractivity contribution in [3.05, 3.63) is 64.4 Å². The van der Waals surface area contributed by atoms with E-state index in [1.807, 2.05) is 30.3 Å². The van der Waals surface area contributed by atoms with E-state index in [-0.39, 0.29) is 11.6 Å². The van der Waals surface area contributed by atoms with Gasteiger partial charge in [-0.3, -0.25) is 9.78 Å². The van der Waals surface area contributed by atoms with Crippen molar-refractivity contribution < 1.29 is 4.74 Å². The average Bonchev–Trinajstić information content (AvgIpc) is 3.11. The standard InChI is InChI=1S/C19H19N3O2/c1-24-14-10-8-13(9-11-14)17-7-4-12-22(17)19-20-16-6-3-2-5-15(16)18(23)21-19/h2-3,5-6,8-11,17H,4,7,12H2,1H3,(H,20,21,23). The number of ether oxygens (including phenoxy) is 1. The molecule has 5 nitrogen and oxygen atoms in total. The number of rotatable bonds is 3. The van der Waals surface area contributed by atoms with E-state index < -0.39 is 0 Å². The average molecular weight is 321 g/mol. The molecule has 5 heteroatoms. The van der Waals surface area contributed by atoms with E-state index in [0.717, 1.165) is 30.7 Å². The Balaban J connectivity index is 1.73. The molecule has 1 aliphatic heterocycles. The summed E-state index contributed by atoms with van der Waals surface area (Å²) in [6, 6.07) is 15.8. The third-order valence-corrected chi connectivity index (χ3v) is 4.63. The van der Waals surface area contributed by atoms with Gasteiger partial charge in [-0.15, -0.1) is 0 Å². The van der Waals surface area contributed by atoms with Crippen molar-refractivity contribution >= 4 is 16.9 Å². The number of para-hydroxylation sites is 1. The maximum absolute atomic E-state index is 12.3. The highest BCUT2D eigenvalue weighted by molar-refractivity contribution is 5.78. The number of hydrogen-bond donors (Lipinski definition) is 1. The third kappa shape index (κ3) is 2.52. The summed E-state index contributed by atoms with van der Waals surface area (Å²) in [6.07, 6.45) is 2.12. The van der Waals surface area contributed by atoms with E-state index in [0.29, 0.717) is 11.3 Å². The van der Waals surface area contributed by atoms with E-state index in [9.17, 15) is 4.79 Å². The number of benzene rings is 2. The number of H-pyrrole nitrogens is 1. The van der Waals surface area contributed by atoms with Crippen LogP contribution in [-0.4, -0.2) is 23.6 Å². The smallest absolute Gasteiger partial charge is 0.260 e. The fraction of sp³-hybridized carbons (Fsp3) is 0.263. The van der Waals surface area contributed by atoms with E-state index >= 15 is 0 Å².